The van der Waals surface area contributed by atoms with Gasteiger partial charge in [0, 0.05) is 30.6 Å². The van der Waals surface area contributed by atoms with Gasteiger partial charge >= 0.3 is 0 Å². The van der Waals surface area contributed by atoms with E-state index in [-0.39, 0.29) is 4.90 Å². The van der Waals surface area contributed by atoms with E-state index in [0.717, 1.165) is 5.69 Å². The highest BCUT2D eigenvalue weighted by atomic mass is 32.3. The van der Waals surface area contributed by atoms with Crippen LogP contribution in [0.2, 0.25) is 0 Å². The second-order valence-electron chi connectivity index (χ2n) is 4.65. The Morgan fingerprint density at radius 3 is 2.10 bits per heavy atom. The van der Waals surface area contributed by atoms with E-state index in [4.69, 9.17) is 5.14 Å². The maximum Gasteiger partial charge on any atom is 0.287 e. The molecular weight excluding hydrogens is 314 g/mol. The van der Waals surface area contributed by atoms with Crippen molar-refractivity contribution in [2.45, 2.75) is 4.90 Å². The number of anilines is 1. The molecule has 0 bridgehead atoms. The average molecular weight is 329 g/mol. The molecule has 0 aromatic heterocycles. The second kappa shape index (κ2) is 5.26. The third-order valence-corrected chi connectivity index (χ3v) is 5.60. The molecule has 9 heteroatoms. The second-order valence-corrected chi connectivity index (χ2v) is 7.86. The molecule has 0 aliphatic carbocycles. The lowest BCUT2D eigenvalue weighted by Crippen LogP contribution is -2.36. The normalized spacial score (nSPS) is 12.5. The van der Waals surface area contributed by atoms with Crippen LogP contribution in [0, 0.1) is 0 Å². The molecular formula is C12H15N3O4S2. The molecule has 0 aliphatic heterocycles. The van der Waals surface area contributed by atoms with Crippen LogP contribution >= 0.6 is 0 Å². The number of sulfonamides is 1. The van der Waals surface area contributed by atoms with Crippen molar-refractivity contribution in [3.05, 3.63) is 36.4 Å². The van der Waals surface area contributed by atoms with Crippen LogP contribution in [0.25, 0.3) is 10.8 Å². The largest absolute Gasteiger partial charge is 0.377 e. The maximum atomic E-state index is 12.2. The van der Waals surface area contributed by atoms with Gasteiger partial charge in [-0.2, -0.15) is 8.42 Å². The molecule has 2 aromatic carbocycles. The standard InChI is InChI=1S/C12H15N3O4S2/c1-15(2)11-7-3-6-10-9(11)5-4-8-12(10)20(16,17)14-21(13,18)19/h3-8,14H,1-2H3,(H2,13,18,19). The summed E-state index contributed by atoms with van der Waals surface area (Å²) in [6.45, 7) is 0. The van der Waals surface area contributed by atoms with Gasteiger partial charge in [0.05, 0.1) is 4.90 Å². The Labute approximate surface area is 123 Å². The van der Waals surface area contributed by atoms with Crippen LogP contribution in [0.1, 0.15) is 0 Å². The van der Waals surface area contributed by atoms with Crippen molar-refractivity contribution < 1.29 is 16.8 Å². The van der Waals surface area contributed by atoms with Crippen molar-refractivity contribution in [2.24, 2.45) is 5.14 Å². The van der Waals surface area contributed by atoms with Gasteiger partial charge in [-0.3, -0.25) is 0 Å². The molecule has 2 rings (SSSR count). The first-order valence-electron chi connectivity index (χ1n) is 5.87. The summed E-state index contributed by atoms with van der Waals surface area (Å²) >= 11 is 0. The van der Waals surface area contributed by atoms with E-state index in [9.17, 15) is 16.8 Å². The Balaban J connectivity index is 2.75. The first kappa shape index (κ1) is 15.7. The molecule has 0 saturated carbocycles. The third-order valence-electron chi connectivity index (χ3n) is 2.86. The van der Waals surface area contributed by atoms with Crippen LogP contribution in [0.3, 0.4) is 0 Å². The molecule has 0 amide bonds. The molecule has 0 spiro atoms. The fourth-order valence-electron chi connectivity index (χ4n) is 2.09. The highest BCUT2D eigenvalue weighted by Gasteiger charge is 2.22. The zero-order chi connectivity index (χ0) is 15.8. The zero-order valence-corrected chi connectivity index (χ0v) is 13.1. The van der Waals surface area contributed by atoms with Gasteiger partial charge in [-0.05, 0) is 12.1 Å². The molecule has 2 aromatic rings. The lowest BCUT2D eigenvalue weighted by atomic mass is 10.1. The number of hydrogen-bond donors (Lipinski definition) is 2. The molecule has 0 atom stereocenters. The smallest absolute Gasteiger partial charge is 0.287 e. The summed E-state index contributed by atoms with van der Waals surface area (Å²) in [5.74, 6) is 0. The van der Waals surface area contributed by atoms with Gasteiger partial charge in [-0.15, -0.1) is 0 Å². The third kappa shape index (κ3) is 3.32. The van der Waals surface area contributed by atoms with Crippen LogP contribution in [0.5, 0.6) is 0 Å². The molecule has 0 saturated heterocycles. The Morgan fingerprint density at radius 1 is 0.952 bits per heavy atom. The van der Waals surface area contributed by atoms with Gasteiger partial charge in [0.15, 0.2) is 0 Å². The molecule has 114 valence electrons. The Morgan fingerprint density at radius 2 is 1.52 bits per heavy atom. The minimum absolute atomic E-state index is 0.141. The SMILES string of the molecule is CN(C)c1cccc2c(S(=O)(=O)NS(N)(=O)=O)cccc12. The molecule has 0 aliphatic rings. The zero-order valence-electron chi connectivity index (χ0n) is 11.4. The van der Waals surface area contributed by atoms with E-state index in [0.29, 0.717) is 10.8 Å². The number of rotatable bonds is 4. The maximum absolute atomic E-state index is 12.2. The van der Waals surface area contributed by atoms with Crippen molar-refractivity contribution in [3.8, 4) is 0 Å². The number of hydrogen-bond acceptors (Lipinski definition) is 5. The summed E-state index contributed by atoms with van der Waals surface area (Å²) in [6.07, 6.45) is 0. The summed E-state index contributed by atoms with van der Waals surface area (Å²) in [6, 6.07) is 9.79. The number of nitrogens with one attached hydrogen (secondary N) is 1. The monoisotopic (exact) mass is 329 g/mol. The van der Waals surface area contributed by atoms with Crippen LogP contribution in [-0.2, 0) is 20.2 Å². The molecule has 21 heavy (non-hydrogen) atoms. The first-order chi connectivity index (χ1) is 9.62. The van der Waals surface area contributed by atoms with E-state index in [1.165, 1.54) is 10.2 Å². The van der Waals surface area contributed by atoms with Crippen molar-refractivity contribution in [3.63, 3.8) is 0 Å². The quantitative estimate of drug-likeness (QED) is 0.843. The highest BCUT2D eigenvalue weighted by Crippen LogP contribution is 2.30. The van der Waals surface area contributed by atoms with E-state index in [1.807, 2.05) is 25.1 Å². The van der Waals surface area contributed by atoms with Crippen molar-refractivity contribution in [1.29, 1.82) is 0 Å². The van der Waals surface area contributed by atoms with E-state index < -0.39 is 20.2 Å². The number of nitrogens with two attached hydrogens (primary N) is 1. The summed E-state index contributed by atoms with van der Waals surface area (Å²) in [5, 5.41) is 5.87. The van der Waals surface area contributed by atoms with Gasteiger partial charge in [0.25, 0.3) is 20.2 Å². The van der Waals surface area contributed by atoms with Crippen LogP contribution < -0.4 is 14.2 Å². The minimum Gasteiger partial charge on any atom is -0.377 e. The average Bonchev–Trinajstić information content (AvgIpc) is 2.34. The van der Waals surface area contributed by atoms with Crippen LogP contribution in [0.4, 0.5) is 5.69 Å². The Kier molecular flexibility index (Phi) is 3.93. The summed E-state index contributed by atoms with van der Waals surface area (Å²) in [7, 11) is -4.98. The minimum atomic E-state index is -4.37. The predicted molar refractivity (Wildman–Crippen MR) is 81.7 cm³/mol. The summed E-state index contributed by atoms with van der Waals surface area (Å²) in [5.41, 5.74) is 0.820. The molecule has 7 nitrogen and oxygen atoms in total. The lowest BCUT2D eigenvalue weighted by Gasteiger charge is -2.16. The fraction of sp³-hybridized carbons (Fsp3) is 0.167. The number of nitrogens with zero attached hydrogens (tertiary/aromatic N) is 1. The Hall–Kier alpha value is -1.68. The lowest BCUT2D eigenvalue weighted by molar-refractivity contribution is 0.578. The van der Waals surface area contributed by atoms with Gasteiger partial charge < -0.3 is 4.90 Å². The summed E-state index contributed by atoms with van der Waals surface area (Å²) in [4.78, 5) is 1.70. The van der Waals surface area contributed by atoms with Crippen molar-refractivity contribution >= 4 is 36.7 Å². The van der Waals surface area contributed by atoms with Gasteiger partial charge in [0.1, 0.15) is 0 Å². The highest BCUT2D eigenvalue weighted by molar-refractivity contribution is 8.03. The molecule has 0 radical (unpaired) electrons. The van der Waals surface area contributed by atoms with Gasteiger partial charge in [-0.25, -0.2) is 13.6 Å². The van der Waals surface area contributed by atoms with Crippen molar-refractivity contribution in [2.75, 3.05) is 19.0 Å². The van der Waals surface area contributed by atoms with Crippen LogP contribution in [0.15, 0.2) is 41.3 Å². The van der Waals surface area contributed by atoms with Crippen LogP contribution in [-0.4, -0.2) is 30.9 Å². The number of benzene rings is 2. The molecule has 0 heterocycles. The van der Waals surface area contributed by atoms with E-state index >= 15 is 0 Å². The van der Waals surface area contributed by atoms with Crippen molar-refractivity contribution in [1.82, 2.24) is 4.13 Å². The summed E-state index contributed by atoms with van der Waals surface area (Å²) < 4.78 is 47.8. The topological polar surface area (TPSA) is 110 Å². The molecule has 0 fully saturated rings. The number of fused-ring (bicyclic) bond motifs is 1. The predicted octanol–water partition coefficient (Wildman–Crippen LogP) is 0.388. The molecule has 3 N–H and O–H groups in total. The van der Waals surface area contributed by atoms with E-state index in [1.54, 1.807) is 24.3 Å². The van der Waals surface area contributed by atoms with Gasteiger partial charge in [-0.1, -0.05) is 28.4 Å². The fourth-order valence-corrected chi connectivity index (χ4v) is 4.39. The molecule has 0 unspecified atom stereocenters. The van der Waals surface area contributed by atoms with E-state index in [2.05, 4.69) is 0 Å². The first-order valence-corrected chi connectivity index (χ1v) is 8.90. The van der Waals surface area contributed by atoms with Gasteiger partial charge in [0.2, 0.25) is 0 Å². The Bertz CT molecular complexity index is 890.